The van der Waals surface area contributed by atoms with Crippen LogP contribution < -0.4 is 4.90 Å². The number of hydrogen-bond acceptors (Lipinski definition) is 13. The fourth-order valence-corrected chi connectivity index (χ4v) is 5.66. The van der Waals surface area contributed by atoms with Gasteiger partial charge in [0.15, 0.2) is 24.4 Å². The molecular weight excluding hydrogens is 666 g/mol. The van der Waals surface area contributed by atoms with Gasteiger partial charge in [-0.1, -0.05) is 35.5 Å². The summed E-state index contributed by atoms with van der Waals surface area (Å²) in [6.45, 7) is 7.45. The Kier molecular flexibility index (Phi) is 16.3. The van der Waals surface area contributed by atoms with Gasteiger partial charge in [-0.15, -0.1) is 0 Å². The molecule has 9 N–H and O–H groups in total. The van der Waals surface area contributed by atoms with Crippen LogP contribution in [0.5, 0.6) is 0 Å². The number of aliphatic carboxylic acids is 4. The van der Waals surface area contributed by atoms with Gasteiger partial charge >= 0.3 is 23.9 Å². The minimum absolute atomic E-state index is 0.258. The van der Waals surface area contributed by atoms with E-state index in [2.05, 4.69) is 51.1 Å². The molecule has 47 heavy (non-hydrogen) atoms. The van der Waals surface area contributed by atoms with Gasteiger partial charge in [0.1, 0.15) is 0 Å². The highest BCUT2D eigenvalue weighted by molar-refractivity contribution is 7.99. The minimum atomic E-state index is -2.27. The van der Waals surface area contributed by atoms with Crippen LogP contribution in [-0.2, 0) is 19.2 Å². The Labute approximate surface area is 278 Å². The van der Waals surface area contributed by atoms with Crippen LogP contribution >= 0.6 is 23.4 Å². The number of fused-ring (bicyclic) bond motifs is 2. The van der Waals surface area contributed by atoms with Gasteiger partial charge < -0.3 is 55.8 Å². The molecule has 0 radical (unpaired) electrons. The highest BCUT2D eigenvalue weighted by Crippen LogP contribution is 2.48. The average Bonchev–Trinajstić information content (AvgIpc) is 3.04. The van der Waals surface area contributed by atoms with E-state index in [9.17, 15) is 19.2 Å². The number of aliphatic hydroxyl groups is 5. The Morgan fingerprint density at radius 3 is 1.57 bits per heavy atom. The molecule has 0 bridgehead atoms. The van der Waals surface area contributed by atoms with Crippen molar-refractivity contribution >= 4 is 58.6 Å². The summed E-state index contributed by atoms with van der Waals surface area (Å²) in [5, 5.41) is 74.9. The number of nitrogens with zero attached hydrogens (tertiary/aromatic N) is 3. The number of halogens is 1. The molecule has 4 atom stereocenters. The molecule has 260 valence electrons. The minimum Gasteiger partial charge on any atom is -0.479 e. The van der Waals surface area contributed by atoms with Crippen LogP contribution in [-0.4, -0.2) is 156 Å². The molecule has 0 aromatic heterocycles. The van der Waals surface area contributed by atoms with Crippen molar-refractivity contribution in [3.8, 4) is 0 Å². The lowest BCUT2D eigenvalue weighted by molar-refractivity contribution is -0.165. The van der Waals surface area contributed by atoms with Crippen molar-refractivity contribution in [1.82, 2.24) is 9.80 Å². The number of rotatable bonds is 12. The van der Waals surface area contributed by atoms with E-state index in [1.54, 1.807) is 0 Å². The zero-order chi connectivity index (χ0) is 35.3. The fraction of sp³-hybridized carbons (Fsp3) is 0.448. The Morgan fingerprint density at radius 2 is 1.11 bits per heavy atom. The first-order chi connectivity index (χ1) is 22.2. The van der Waals surface area contributed by atoms with Gasteiger partial charge in [0.25, 0.3) is 0 Å². The summed E-state index contributed by atoms with van der Waals surface area (Å²) in [5.41, 5.74) is 2.50. The van der Waals surface area contributed by atoms with E-state index in [0.29, 0.717) is 0 Å². The fourth-order valence-electron chi connectivity index (χ4n) is 4.41. The predicted molar refractivity (Wildman–Crippen MR) is 168 cm³/mol. The van der Waals surface area contributed by atoms with E-state index in [4.69, 9.17) is 57.6 Å². The second-order valence-electron chi connectivity index (χ2n) is 10.2. The molecule has 2 heterocycles. The highest BCUT2D eigenvalue weighted by Gasteiger charge is 2.30. The highest BCUT2D eigenvalue weighted by atomic mass is 35.5. The quantitative estimate of drug-likeness (QED) is 0.137. The number of β-amino-alcohol motifs (C(OH)–C–C–N with tert-alkyl or cyclic N) is 1. The van der Waals surface area contributed by atoms with Gasteiger partial charge in [-0.05, 0) is 43.3 Å². The zero-order valence-electron chi connectivity index (χ0n) is 25.0. The van der Waals surface area contributed by atoms with Crippen LogP contribution in [0.15, 0.2) is 52.3 Å². The number of carbonyl (C=O) groups is 4. The normalized spacial score (nSPS) is 16.9. The van der Waals surface area contributed by atoms with E-state index < -0.39 is 48.3 Å². The van der Waals surface area contributed by atoms with Gasteiger partial charge in [-0.2, -0.15) is 0 Å². The molecule has 0 unspecified atom stereocenters. The number of carboxylic acid groups (broad SMARTS) is 4. The van der Waals surface area contributed by atoms with Gasteiger partial charge in [0.05, 0.1) is 18.0 Å². The van der Waals surface area contributed by atoms with Crippen LogP contribution in [0.25, 0.3) is 0 Å². The van der Waals surface area contributed by atoms with Crippen molar-refractivity contribution < 1.29 is 65.1 Å². The van der Waals surface area contributed by atoms with Crippen LogP contribution in [0.4, 0.5) is 11.4 Å². The third-order valence-corrected chi connectivity index (χ3v) is 8.30. The molecule has 0 aliphatic carbocycles. The lowest BCUT2D eigenvalue weighted by Gasteiger charge is -2.36. The second-order valence-corrected chi connectivity index (χ2v) is 11.7. The number of aliphatic hydroxyl groups excluding tert-OH is 5. The topological polar surface area (TPSA) is 260 Å². The zero-order valence-corrected chi connectivity index (χ0v) is 26.6. The molecule has 1 fully saturated rings. The largest absolute Gasteiger partial charge is 0.479 e. The summed E-state index contributed by atoms with van der Waals surface area (Å²) < 4.78 is 0. The van der Waals surface area contributed by atoms with Crippen molar-refractivity contribution in [1.29, 1.82) is 0 Å². The van der Waals surface area contributed by atoms with E-state index in [0.717, 1.165) is 57.3 Å². The molecule has 0 spiro atoms. The maximum Gasteiger partial charge on any atom is 0.335 e. The number of piperazine rings is 1. The molecule has 0 saturated carbocycles. The van der Waals surface area contributed by atoms with Crippen molar-refractivity contribution in [2.24, 2.45) is 0 Å². The molecular formula is C29H38ClN3O13S. The monoisotopic (exact) mass is 703 g/mol. The number of carboxylic acids is 4. The van der Waals surface area contributed by atoms with Crippen LogP contribution in [0.3, 0.4) is 0 Å². The average molecular weight is 704 g/mol. The summed E-state index contributed by atoms with van der Waals surface area (Å²) in [4.78, 5) is 49.0. The van der Waals surface area contributed by atoms with Crippen molar-refractivity contribution in [3.05, 3.63) is 47.5 Å². The molecule has 2 aromatic carbocycles. The Hall–Kier alpha value is -3.52. The number of anilines is 2. The summed E-state index contributed by atoms with van der Waals surface area (Å²) in [6, 6.07) is 14.8. The van der Waals surface area contributed by atoms with Crippen molar-refractivity contribution in [2.45, 2.75) is 40.6 Å². The molecule has 0 amide bonds. The maximum atomic E-state index is 9.77. The van der Waals surface area contributed by atoms with E-state index in [1.807, 2.05) is 17.8 Å². The first-order valence-electron chi connectivity index (χ1n) is 14.2. The summed E-state index contributed by atoms with van der Waals surface area (Å²) >= 11 is 8.12. The van der Waals surface area contributed by atoms with Crippen LogP contribution in [0, 0.1) is 0 Å². The third kappa shape index (κ3) is 12.2. The van der Waals surface area contributed by atoms with E-state index >= 15 is 0 Å². The first kappa shape index (κ1) is 39.7. The van der Waals surface area contributed by atoms with Gasteiger partial charge in [-0.25, -0.2) is 19.2 Å². The molecule has 16 nitrogen and oxygen atoms in total. The number of para-hydroxylation sites is 1. The molecule has 2 aromatic rings. The lowest BCUT2D eigenvalue weighted by atomic mass is 10.2. The van der Waals surface area contributed by atoms with E-state index in [-0.39, 0.29) is 6.61 Å². The SMILES string of the molecule is O=C(O)[C@H](O)[C@@H](O)C(=O)O.O=C(O)[C@H](O)[C@@H](O)C(=O)O.OCCN1CCN(CCCN2c3ccccc3Sc3ccc(Cl)cc32)CC1. The van der Waals surface area contributed by atoms with Crippen LogP contribution in [0.1, 0.15) is 6.42 Å². The Balaban J connectivity index is 0.000000318. The Bertz CT molecular complexity index is 1290. The standard InChI is InChI=1S/C21H26ClN3OS.2C4H6O6/c22-17-6-7-21-19(16-17)25(18-4-1-2-5-20(18)27-21)9-3-8-23-10-12-24(13-11-23)14-15-26;2*5-1(3(7)8)2(6)4(9)10/h1-2,4-7,16,26H,3,8-15H2;2*1-2,5-6H,(H,7,8)(H,9,10)/t;2*1-,2-/m.11/s1. The summed E-state index contributed by atoms with van der Waals surface area (Å²) in [5.74, 6) is -7.07. The second kappa shape index (κ2) is 19.3. The predicted octanol–water partition coefficient (Wildman–Crippen LogP) is -0.302. The Morgan fingerprint density at radius 1 is 0.660 bits per heavy atom. The molecule has 2 aliphatic rings. The molecule has 2 aliphatic heterocycles. The third-order valence-electron chi connectivity index (χ3n) is 6.94. The van der Waals surface area contributed by atoms with Gasteiger partial charge in [0, 0.05) is 54.1 Å². The molecule has 4 rings (SSSR count). The van der Waals surface area contributed by atoms with Gasteiger partial charge in [0.2, 0.25) is 0 Å². The number of benzene rings is 2. The maximum absolute atomic E-state index is 9.77. The molecule has 18 heteroatoms. The van der Waals surface area contributed by atoms with Crippen molar-refractivity contribution in [3.63, 3.8) is 0 Å². The number of hydrogen-bond donors (Lipinski definition) is 9. The van der Waals surface area contributed by atoms with Gasteiger partial charge in [-0.3, -0.25) is 4.90 Å². The van der Waals surface area contributed by atoms with E-state index in [1.165, 1.54) is 21.2 Å². The first-order valence-corrected chi connectivity index (χ1v) is 15.4. The van der Waals surface area contributed by atoms with Crippen molar-refractivity contribution in [2.75, 3.05) is 57.3 Å². The lowest BCUT2D eigenvalue weighted by Crippen LogP contribution is -2.47. The smallest absolute Gasteiger partial charge is 0.335 e. The summed E-state index contributed by atoms with van der Waals surface area (Å²) in [7, 11) is 0. The van der Waals surface area contributed by atoms with Crippen LogP contribution in [0.2, 0.25) is 5.02 Å². The summed E-state index contributed by atoms with van der Waals surface area (Å²) in [6.07, 6.45) is -7.95. The molecule has 1 saturated heterocycles.